The lowest BCUT2D eigenvalue weighted by molar-refractivity contribution is 0.194. The van der Waals surface area contributed by atoms with Crippen molar-refractivity contribution in [3.63, 3.8) is 0 Å². The molecule has 0 saturated heterocycles. The summed E-state index contributed by atoms with van der Waals surface area (Å²) in [5.41, 5.74) is 3.24. The number of hydrogen-bond donors (Lipinski definition) is 4. The quantitative estimate of drug-likeness (QED) is 0.633. The van der Waals surface area contributed by atoms with Gasteiger partial charge in [0.15, 0.2) is 5.82 Å². The second-order valence-corrected chi connectivity index (χ2v) is 6.33. The van der Waals surface area contributed by atoms with Gasteiger partial charge >= 0.3 is 6.09 Å². The number of benzene rings is 1. The minimum atomic E-state index is -1.24. The molecule has 0 saturated carbocycles. The van der Waals surface area contributed by atoms with Gasteiger partial charge in [-0.1, -0.05) is 6.07 Å². The molecule has 9 nitrogen and oxygen atoms in total. The number of aliphatic hydroxyl groups excluding tert-OH is 1. The van der Waals surface area contributed by atoms with E-state index in [4.69, 9.17) is 5.11 Å². The van der Waals surface area contributed by atoms with Crippen LogP contribution in [0.15, 0.2) is 40.7 Å². The highest BCUT2D eigenvalue weighted by Gasteiger charge is 2.30. The van der Waals surface area contributed by atoms with Gasteiger partial charge in [-0.25, -0.2) is 4.79 Å². The minimum Gasteiger partial charge on any atom is -0.463 e. The summed E-state index contributed by atoms with van der Waals surface area (Å²) in [5, 5.41) is 48.3. The third-order valence-corrected chi connectivity index (χ3v) is 4.62. The summed E-state index contributed by atoms with van der Waals surface area (Å²) in [7, 11) is 0. The zero-order valence-corrected chi connectivity index (χ0v) is 15.3. The van der Waals surface area contributed by atoms with Crippen molar-refractivity contribution >= 4 is 22.8 Å². The number of carbonyl (C=O) groups is 1. The van der Waals surface area contributed by atoms with Gasteiger partial charge in [0.25, 0.3) is 0 Å². The van der Waals surface area contributed by atoms with Gasteiger partial charge in [-0.05, 0) is 31.5 Å². The van der Waals surface area contributed by atoms with E-state index >= 15 is 0 Å². The van der Waals surface area contributed by atoms with Crippen LogP contribution in [-0.4, -0.2) is 39.2 Å². The van der Waals surface area contributed by atoms with Crippen LogP contribution in [0.4, 0.5) is 10.6 Å². The van der Waals surface area contributed by atoms with Crippen molar-refractivity contribution in [3.8, 4) is 12.1 Å². The highest BCUT2D eigenvalue weighted by molar-refractivity contribution is 5.95. The number of nitrogens with one attached hydrogen (secondary N) is 2. The molecule has 1 aromatic heterocycles. The Hall–Kier alpha value is -3.82. The number of anilines is 1. The van der Waals surface area contributed by atoms with Gasteiger partial charge in [0.05, 0.1) is 41.3 Å². The Balaban J connectivity index is 2.23. The lowest BCUT2D eigenvalue weighted by Crippen LogP contribution is -2.23. The SMILES string of the molecule is CC1=C(C#N)C(c2ccc3c(c2)c(NCCO)nn3C(=O)O)C(C#N)=C(C)N1. The number of nitriles is 2. The Bertz CT molecular complexity index is 1080. The van der Waals surface area contributed by atoms with E-state index in [1.54, 1.807) is 32.0 Å². The summed E-state index contributed by atoms with van der Waals surface area (Å²) in [6, 6.07) is 9.38. The van der Waals surface area contributed by atoms with Crippen LogP contribution in [0.1, 0.15) is 25.3 Å². The summed E-state index contributed by atoms with van der Waals surface area (Å²) >= 11 is 0. The zero-order valence-electron chi connectivity index (χ0n) is 15.3. The van der Waals surface area contributed by atoms with Crippen LogP contribution in [0.25, 0.3) is 10.9 Å². The maximum Gasteiger partial charge on any atom is 0.432 e. The second-order valence-electron chi connectivity index (χ2n) is 6.33. The summed E-state index contributed by atoms with van der Waals surface area (Å²) < 4.78 is 0.847. The molecule has 0 fully saturated rings. The van der Waals surface area contributed by atoms with Crippen LogP contribution in [0.5, 0.6) is 0 Å². The molecule has 1 aliphatic heterocycles. The van der Waals surface area contributed by atoms with Crippen molar-refractivity contribution in [3.05, 3.63) is 46.3 Å². The normalized spacial score (nSPS) is 14.6. The molecule has 142 valence electrons. The molecule has 1 aliphatic rings. The van der Waals surface area contributed by atoms with E-state index in [1.807, 2.05) is 0 Å². The summed E-state index contributed by atoms with van der Waals surface area (Å²) in [5.74, 6) is -0.250. The van der Waals surface area contributed by atoms with Crippen LogP contribution in [-0.2, 0) is 0 Å². The van der Waals surface area contributed by atoms with Gasteiger partial charge in [0.1, 0.15) is 0 Å². The lowest BCUT2D eigenvalue weighted by Gasteiger charge is -2.26. The Morgan fingerprint density at radius 2 is 1.93 bits per heavy atom. The van der Waals surface area contributed by atoms with E-state index in [2.05, 4.69) is 27.9 Å². The molecule has 3 rings (SSSR count). The van der Waals surface area contributed by atoms with Crippen molar-refractivity contribution in [1.82, 2.24) is 15.1 Å². The monoisotopic (exact) mass is 378 g/mol. The molecule has 9 heteroatoms. The van der Waals surface area contributed by atoms with Crippen LogP contribution in [0.3, 0.4) is 0 Å². The number of aliphatic hydroxyl groups is 1. The first-order chi connectivity index (χ1) is 13.4. The molecule has 1 aromatic carbocycles. The predicted molar refractivity (Wildman–Crippen MR) is 101 cm³/mol. The van der Waals surface area contributed by atoms with Crippen molar-refractivity contribution < 1.29 is 15.0 Å². The average molecular weight is 378 g/mol. The number of fused-ring (bicyclic) bond motifs is 1. The fourth-order valence-electron chi connectivity index (χ4n) is 3.39. The molecule has 2 heterocycles. The Labute approximate surface area is 160 Å². The topological polar surface area (TPSA) is 147 Å². The Morgan fingerprint density at radius 3 is 2.46 bits per heavy atom. The van der Waals surface area contributed by atoms with Crippen molar-refractivity contribution in [1.29, 1.82) is 10.5 Å². The highest BCUT2D eigenvalue weighted by Crippen LogP contribution is 2.39. The maximum absolute atomic E-state index is 11.5. The smallest absolute Gasteiger partial charge is 0.432 e. The molecule has 0 spiro atoms. The molecule has 0 bridgehead atoms. The van der Waals surface area contributed by atoms with E-state index in [-0.39, 0.29) is 13.2 Å². The molecule has 2 aromatic rings. The molecule has 4 N–H and O–H groups in total. The summed E-state index contributed by atoms with van der Waals surface area (Å²) in [4.78, 5) is 11.5. The van der Waals surface area contributed by atoms with Gasteiger partial charge in [0, 0.05) is 23.3 Å². The fraction of sp³-hybridized carbons (Fsp3) is 0.263. The molecule has 0 unspecified atom stereocenters. The molecule has 0 atom stereocenters. The van der Waals surface area contributed by atoms with Crippen molar-refractivity contribution in [2.45, 2.75) is 19.8 Å². The number of dihydropyridines is 1. The lowest BCUT2D eigenvalue weighted by atomic mass is 9.81. The first kappa shape index (κ1) is 19.0. The molecular formula is C19H18N6O3. The standard InChI is InChI=1S/C19H18N6O3/c1-10-14(8-20)17(15(9-21)11(2)23-10)12-3-4-16-13(7-12)18(22-5-6-26)24-25(16)19(27)28/h3-4,7,17,23,26H,5-6H2,1-2H3,(H,22,24)(H,27,28). The van der Waals surface area contributed by atoms with Crippen LogP contribution in [0, 0.1) is 22.7 Å². The number of allylic oxidation sites excluding steroid dienone is 4. The fourth-order valence-corrected chi connectivity index (χ4v) is 3.39. The van der Waals surface area contributed by atoms with Crippen molar-refractivity contribution in [2.24, 2.45) is 0 Å². The number of hydrogen-bond acceptors (Lipinski definition) is 7. The summed E-state index contributed by atoms with van der Waals surface area (Å²) in [6.45, 7) is 3.61. The predicted octanol–water partition coefficient (Wildman–Crippen LogP) is 2.25. The van der Waals surface area contributed by atoms with Gasteiger partial charge in [0.2, 0.25) is 0 Å². The Morgan fingerprint density at radius 1 is 1.29 bits per heavy atom. The third-order valence-electron chi connectivity index (χ3n) is 4.62. The highest BCUT2D eigenvalue weighted by atomic mass is 16.4. The second kappa shape index (κ2) is 7.43. The van der Waals surface area contributed by atoms with Crippen molar-refractivity contribution in [2.75, 3.05) is 18.5 Å². The molecule has 0 aliphatic carbocycles. The zero-order chi connectivity index (χ0) is 20.4. The molecule has 28 heavy (non-hydrogen) atoms. The average Bonchev–Trinajstić information content (AvgIpc) is 3.04. The third kappa shape index (κ3) is 3.04. The largest absolute Gasteiger partial charge is 0.463 e. The van der Waals surface area contributed by atoms with Gasteiger partial charge in [-0.15, -0.1) is 5.10 Å². The number of carboxylic acid groups (broad SMARTS) is 1. The van der Waals surface area contributed by atoms with E-state index < -0.39 is 12.0 Å². The first-order valence-corrected chi connectivity index (χ1v) is 8.52. The van der Waals surface area contributed by atoms with Gasteiger partial charge in [-0.2, -0.15) is 15.2 Å². The molecule has 0 radical (unpaired) electrons. The van der Waals surface area contributed by atoms with E-state index in [0.29, 0.717) is 44.8 Å². The van der Waals surface area contributed by atoms with E-state index in [0.717, 1.165) is 4.68 Å². The maximum atomic E-state index is 11.5. The number of aromatic nitrogens is 2. The van der Waals surface area contributed by atoms with Crippen LogP contribution >= 0.6 is 0 Å². The minimum absolute atomic E-state index is 0.142. The summed E-state index contributed by atoms with van der Waals surface area (Å²) in [6.07, 6.45) is -1.24. The number of nitrogens with zero attached hydrogens (tertiary/aromatic N) is 4. The van der Waals surface area contributed by atoms with Crippen LogP contribution < -0.4 is 10.6 Å². The van der Waals surface area contributed by atoms with E-state index in [9.17, 15) is 20.4 Å². The molecule has 0 amide bonds. The first-order valence-electron chi connectivity index (χ1n) is 8.52. The van der Waals surface area contributed by atoms with Gasteiger partial charge < -0.3 is 20.8 Å². The van der Waals surface area contributed by atoms with Gasteiger partial charge in [-0.3, -0.25) is 0 Å². The van der Waals surface area contributed by atoms with Crippen LogP contribution in [0.2, 0.25) is 0 Å². The Kier molecular flexibility index (Phi) is 5.03. The molecular weight excluding hydrogens is 360 g/mol. The number of rotatable bonds is 4. The van der Waals surface area contributed by atoms with E-state index in [1.165, 1.54) is 0 Å².